The van der Waals surface area contributed by atoms with Crippen molar-refractivity contribution in [3.05, 3.63) is 70.8 Å². The van der Waals surface area contributed by atoms with E-state index in [0.717, 1.165) is 0 Å². The molecule has 1 unspecified atom stereocenters. The number of hydrogen-bond donors (Lipinski definition) is 4. The summed E-state index contributed by atoms with van der Waals surface area (Å²) in [5.41, 5.74) is 1.73. The van der Waals surface area contributed by atoms with E-state index in [1.807, 2.05) is 0 Å². The maximum absolute atomic E-state index is 12.0. The van der Waals surface area contributed by atoms with E-state index in [-0.39, 0.29) is 42.1 Å². The summed E-state index contributed by atoms with van der Waals surface area (Å²) in [6.07, 6.45) is 1.64. The van der Waals surface area contributed by atoms with E-state index in [1.54, 1.807) is 31.2 Å². The first-order valence-corrected chi connectivity index (χ1v) is 10.8. The van der Waals surface area contributed by atoms with E-state index in [0.29, 0.717) is 16.7 Å². The van der Waals surface area contributed by atoms with Crippen LogP contribution in [0.2, 0.25) is 0 Å². The van der Waals surface area contributed by atoms with Gasteiger partial charge in [0.05, 0.1) is 11.1 Å². The third-order valence-electron chi connectivity index (χ3n) is 3.48. The normalized spacial score (nSPS) is 13.7. The Kier molecular flexibility index (Phi) is 9.38. The Bertz CT molecular complexity index is 1080. The molecule has 30 heavy (non-hydrogen) atoms. The number of carboxylic acids is 1. The molecule has 0 aliphatic rings. The number of phosphoric acid groups is 2. The van der Waals surface area contributed by atoms with Gasteiger partial charge in [0.15, 0.2) is 0 Å². The molecule has 0 radical (unpaired) electrons. The second-order valence-electron chi connectivity index (χ2n) is 5.76. The fourth-order valence-corrected chi connectivity index (χ4v) is 3.82. The van der Waals surface area contributed by atoms with Gasteiger partial charge in [-0.25, -0.2) is 18.7 Å². The summed E-state index contributed by atoms with van der Waals surface area (Å²) in [5.74, 6) is -2.40. The molecule has 13 heteroatoms. The van der Waals surface area contributed by atoms with Crippen molar-refractivity contribution in [2.75, 3.05) is 0 Å². The summed E-state index contributed by atoms with van der Waals surface area (Å²) < 4.78 is 29.9. The van der Waals surface area contributed by atoms with Crippen LogP contribution in [0.15, 0.2) is 48.5 Å². The van der Waals surface area contributed by atoms with Gasteiger partial charge in [0, 0.05) is 0 Å². The van der Waals surface area contributed by atoms with Gasteiger partial charge in [-0.1, -0.05) is 30.3 Å². The van der Waals surface area contributed by atoms with E-state index in [9.17, 15) is 23.6 Å². The molecular formula is C17H17NaO10P2. The molecule has 1 atom stereocenters. The molecule has 2 aromatic carbocycles. The molecule has 4 N–H and O–H groups in total. The number of phosphoric ester groups is 1. The van der Waals surface area contributed by atoms with Crippen molar-refractivity contribution in [2.45, 2.75) is 6.92 Å². The van der Waals surface area contributed by atoms with E-state index in [1.165, 1.54) is 30.3 Å². The Balaban J connectivity index is 0.00000450. The van der Waals surface area contributed by atoms with E-state index >= 15 is 0 Å². The van der Waals surface area contributed by atoms with Crippen LogP contribution < -0.4 is 29.6 Å². The van der Waals surface area contributed by atoms with Gasteiger partial charge in [-0.3, -0.25) is 4.89 Å². The van der Waals surface area contributed by atoms with Gasteiger partial charge in [-0.05, 0) is 47.9 Å². The third kappa shape index (κ3) is 8.28. The average Bonchev–Trinajstić information content (AvgIpc) is 2.59. The Morgan fingerprint density at radius 2 is 1.53 bits per heavy atom. The standard InChI is InChI=1S/C17H16O10P2.Na.H/c1-11(13-5-3-6-14(10-13)16(18)19)8-12-4-2-7-15(9-12)17(20)26-29(24,25)27-28(21,22)23;;/h2-10H,1H3,(H,18,19)(H,24,25)(H2,21,22,23);;/q;+1;-1. The minimum atomic E-state index is -5.35. The summed E-state index contributed by atoms with van der Waals surface area (Å²) in [7, 11) is -10.7. The summed E-state index contributed by atoms with van der Waals surface area (Å²) in [5, 5.41) is 9.07. The predicted molar refractivity (Wildman–Crippen MR) is 103 cm³/mol. The molecule has 0 heterocycles. The molecule has 0 aromatic heterocycles. The van der Waals surface area contributed by atoms with Crippen molar-refractivity contribution in [1.82, 2.24) is 0 Å². The van der Waals surface area contributed by atoms with E-state index < -0.39 is 27.6 Å². The van der Waals surface area contributed by atoms with E-state index in [4.69, 9.17) is 14.9 Å². The number of hydrogen-bond acceptors (Lipinski definition) is 6. The van der Waals surface area contributed by atoms with Crippen molar-refractivity contribution in [2.24, 2.45) is 0 Å². The fourth-order valence-electron chi connectivity index (χ4n) is 2.29. The molecule has 156 valence electrons. The predicted octanol–water partition coefficient (Wildman–Crippen LogP) is 0.428. The molecule has 2 aromatic rings. The smallest absolute Gasteiger partial charge is 1.00 e. The molecule has 0 aliphatic carbocycles. The monoisotopic (exact) mass is 466 g/mol. The summed E-state index contributed by atoms with van der Waals surface area (Å²) in [6, 6.07) is 11.9. The minimum Gasteiger partial charge on any atom is -1.00 e. The quantitative estimate of drug-likeness (QED) is 0.255. The summed E-state index contributed by atoms with van der Waals surface area (Å²) in [4.78, 5) is 49.5. The van der Waals surface area contributed by atoms with Crippen molar-refractivity contribution >= 4 is 39.2 Å². The van der Waals surface area contributed by atoms with Crippen LogP contribution >= 0.6 is 15.6 Å². The maximum atomic E-state index is 12.0. The first-order chi connectivity index (χ1) is 13.4. The van der Waals surface area contributed by atoms with Gasteiger partial charge in [0.25, 0.3) is 0 Å². The summed E-state index contributed by atoms with van der Waals surface area (Å²) >= 11 is 0. The van der Waals surface area contributed by atoms with Gasteiger partial charge in [-0.15, -0.1) is 0 Å². The Labute approximate surface area is 194 Å². The maximum Gasteiger partial charge on any atom is 1.00 e. The number of benzene rings is 2. The van der Waals surface area contributed by atoms with Gasteiger partial charge < -0.3 is 20.8 Å². The van der Waals surface area contributed by atoms with Crippen LogP contribution in [-0.2, 0) is 18.0 Å². The first-order valence-electron chi connectivity index (χ1n) is 7.82. The Hall–Kier alpha value is -1.58. The SMILES string of the molecule is CC(=Cc1cccc(C(=O)OP(=O)(O)OP(=O)(O)O)c1)c1cccc(C(=O)O)c1.[H-].[Na+]. The van der Waals surface area contributed by atoms with Crippen LogP contribution in [0, 0.1) is 0 Å². The number of allylic oxidation sites excluding steroid dienone is 1. The Morgan fingerprint density at radius 1 is 0.967 bits per heavy atom. The molecular weight excluding hydrogens is 449 g/mol. The molecule has 0 aliphatic heterocycles. The number of carbonyl (C=O) groups is 2. The Morgan fingerprint density at radius 3 is 2.13 bits per heavy atom. The number of carbonyl (C=O) groups excluding carboxylic acids is 1. The zero-order valence-electron chi connectivity index (χ0n) is 16.8. The second-order valence-corrected chi connectivity index (χ2v) is 8.51. The van der Waals surface area contributed by atoms with Crippen LogP contribution in [-0.4, -0.2) is 31.7 Å². The van der Waals surface area contributed by atoms with Gasteiger partial charge >= 0.3 is 57.1 Å². The first kappa shape index (κ1) is 26.5. The van der Waals surface area contributed by atoms with Crippen LogP contribution in [0.5, 0.6) is 0 Å². The zero-order valence-corrected chi connectivity index (χ0v) is 19.6. The van der Waals surface area contributed by atoms with Crippen LogP contribution in [0.25, 0.3) is 11.6 Å². The van der Waals surface area contributed by atoms with Crippen LogP contribution in [0.1, 0.15) is 40.2 Å². The molecule has 10 nitrogen and oxygen atoms in total. The van der Waals surface area contributed by atoms with Crippen LogP contribution in [0.4, 0.5) is 0 Å². The van der Waals surface area contributed by atoms with Gasteiger partial charge in [0.1, 0.15) is 0 Å². The number of carboxylic acid groups (broad SMARTS) is 1. The zero-order chi connectivity index (χ0) is 21.8. The second kappa shape index (κ2) is 10.6. The largest absolute Gasteiger partial charge is 1.00 e. The molecule has 0 saturated carbocycles. The van der Waals surface area contributed by atoms with Gasteiger partial charge in [-0.2, -0.15) is 4.31 Å². The van der Waals surface area contributed by atoms with Crippen molar-refractivity contribution in [3.8, 4) is 0 Å². The number of aromatic carboxylic acids is 1. The fraction of sp³-hybridized carbons (Fsp3) is 0.0588. The van der Waals surface area contributed by atoms with Crippen molar-refractivity contribution in [3.63, 3.8) is 0 Å². The van der Waals surface area contributed by atoms with Crippen molar-refractivity contribution < 1.29 is 78.3 Å². The molecule has 0 amide bonds. The summed E-state index contributed by atoms with van der Waals surface area (Å²) in [6.45, 7) is 1.72. The topological polar surface area (TPSA) is 168 Å². The third-order valence-corrected chi connectivity index (χ3v) is 5.55. The van der Waals surface area contributed by atoms with Crippen molar-refractivity contribution in [1.29, 1.82) is 0 Å². The molecule has 0 spiro atoms. The molecule has 2 rings (SSSR count). The average molecular weight is 466 g/mol. The van der Waals surface area contributed by atoms with Crippen LogP contribution in [0.3, 0.4) is 0 Å². The van der Waals surface area contributed by atoms with E-state index in [2.05, 4.69) is 8.83 Å². The molecule has 0 saturated heterocycles. The van der Waals surface area contributed by atoms with Gasteiger partial charge in [0.2, 0.25) is 0 Å². The minimum absolute atomic E-state index is 0. The molecule has 0 bridgehead atoms. The molecule has 0 fully saturated rings. The number of rotatable bonds is 7.